The van der Waals surface area contributed by atoms with Crippen LogP contribution in [0.25, 0.3) is 0 Å². The van der Waals surface area contributed by atoms with Crippen LogP contribution in [0, 0.1) is 5.41 Å². The molecule has 0 aromatic rings. The van der Waals surface area contributed by atoms with Gasteiger partial charge in [0.15, 0.2) is 0 Å². The quantitative estimate of drug-likeness (QED) is 0.682. The van der Waals surface area contributed by atoms with Gasteiger partial charge in [-0.05, 0) is 46.2 Å². The summed E-state index contributed by atoms with van der Waals surface area (Å²) in [5.41, 5.74) is -0.326. The van der Waals surface area contributed by atoms with Crippen molar-refractivity contribution in [1.29, 1.82) is 0 Å². The summed E-state index contributed by atoms with van der Waals surface area (Å²) in [6, 6.07) is 0. The summed E-state index contributed by atoms with van der Waals surface area (Å²) in [5, 5.41) is 0. The van der Waals surface area contributed by atoms with Gasteiger partial charge >= 0.3 is 5.97 Å². The van der Waals surface area contributed by atoms with Crippen molar-refractivity contribution in [1.82, 2.24) is 4.90 Å². The zero-order valence-electron chi connectivity index (χ0n) is 12.3. The van der Waals surface area contributed by atoms with Crippen LogP contribution in [0.4, 0.5) is 0 Å². The average Bonchev–Trinajstić information content (AvgIpc) is 2.57. The fraction of sp³-hybridized carbons (Fsp3) is 0.933. The van der Waals surface area contributed by atoms with Crippen molar-refractivity contribution in [3.05, 3.63) is 0 Å². The molecule has 0 bridgehead atoms. The molecule has 0 atom stereocenters. The first-order valence-corrected chi connectivity index (χ1v) is 7.46. The van der Waals surface area contributed by atoms with E-state index in [1.54, 1.807) is 0 Å². The predicted octanol–water partition coefficient (Wildman–Crippen LogP) is 3.23. The lowest BCUT2D eigenvalue weighted by molar-refractivity contribution is -0.154. The lowest BCUT2D eigenvalue weighted by Gasteiger charge is -2.24. The third kappa shape index (κ3) is 5.38. The minimum atomic E-state index is -0.326. The third-order valence-electron chi connectivity index (χ3n) is 3.77. The SMILES string of the molecule is CCCC(C)(C)C(=O)OCCN1CCCCCC1. The first kappa shape index (κ1) is 15.5. The molecule has 3 nitrogen and oxygen atoms in total. The van der Waals surface area contributed by atoms with E-state index in [2.05, 4.69) is 11.8 Å². The number of esters is 1. The molecule has 1 rings (SSSR count). The summed E-state index contributed by atoms with van der Waals surface area (Å²) in [6.07, 6.45) is 7.19. The Hall–Kier alpha value is -0.570. The van der Waals surface area contributed by atoms with Crippen molar-refractivity contribution in [2.75, 3.05) is 26.2 Å². The minimum Gasteiger partial charge on any atom is -0.464 e. The summed E-state index contributed by atoms with van der Waals surface area (Å²) in [7, 11) is 0. The Morgan fingerprint density at radius 2 is 1.78 bits per heavy atom. The number of ether oxygens (including phenoxy) is 1. The van der Waals surface area contributed by atoms with Crippen LogP contribution in [0.3, 0.4) is 0 Å². The highest BCUT2D eigenvalue weighted by Gasteiger charge is 2.28. The smallest absolute Gasteiger partial charge is 0.311 e. The summed E-state index contributed by atoms with van der Waals surface area (Å²) < 4.78 is 5.42. The molecule has 0 saturated carbocycles. The van der Waals surface area contributed by atoms with E-state index in [1.807, 2.05) is 13.8 Å². The van der Waals surface area contributed by atoms with Crippen molar-refractivity contribution in [3.8, 4) is 0 Å². The van der Waals surface area contributed by atoms with Gasteiger partial charge in [0.1, 0.15) is 6.61 Å². The van der Waals surface area contributed by atoms with Gasteiger partial charge in [-0.25, -0.2) is 0 Å². The van der Waals surface area contributed by atoms with E-state index in [0.717, 1.165) is 32.5 Å². The molecule has 1 aliphatic rings. The standard InChI is InChI=1S/C15H29NO2/c1-4-9-15(2,3)14(17)18-13-12-16-10-7-5-6-8-11-16/h4-13H2,1-3H3. The Labute approximate surface area is 112 Å². The number of nitrogens with zero attached hydrogens (tertiary/aromatic N) is 1. The van der Waals surface area contributed by atoms with Gasteiger partial charge in [0.25, 0.3) is 0 Å². The maximum atomic E-state index is 11.9. The Balaban J connectivity index is 2.21. The Kier molecular flexibility index (Phi) is 6.69. The molecule has 1 aliphatic heterocycles. The van der Waals surface area contributed by atoms with Crippen LogP contribution in [0.1, 0.15) is 59.3 Å². The van der Waals surface area contributed by atoms with Crippen LogP contribution < -0.4 is 0 Å². The molecule has 106 valence electrons. The molecular weight excluding hydrogens is 226 g/mol. The van der Waals surface area contributed by atoms with E-state index in [9.17, 15) is 4.79 Å². The highest BCUT2D eigenvalue weighted by molar-refractivity contribution is 5.75. The maximum Gasteiger partial charge on any atom is 0.311 e. The fourth-order valence-corrected chi connectivity index (χ4v) is 2.55. The summed E-state index contributed by atoms with van der Waals surface area (Å²) >= 11 is 0. The van der Waals surface area contributed by atoms with Gasteiger partial charge in [-0.15, -0.1) is 0 Å². The van der Waals surface area contributed by atoms with Crippen LogP contribution in [0.15, 0.2) is 0 Å². The van der Waals surface area contributed by atoms with Gasteiger partial charge in [-0.1, -0.05) is 26.2 Å². The monoisotopic (exact) mass is 255 g/mol. The number of hydrogen-bond donors (Lipinski definition) is 0. The zero-order chi connectivity index (χ0) is 13.4. The van der Waals surface area contributed by atoms with Crippen LogP contribution in [-0.2, 0) is 9.53 Å². The van der Waals surface area contributed by atoms with E-state index in [1.165, 1.54) is 25.7 Å². The molecular formula is C15H29NO2. The van der Waals surface area contributed by atoms with E-state index >= 15 is 0 Å². The summed E-state index contributed by atoms with van der Waals surface area (Å²) in [5.74, 6) is -0.0424. The highest BCUT2D eigenvalue weighted by Crippen LogP contribution is 2.23. The molecule has 0 N–H and O–H groups in total. The number of likely N-dealkylation sites (tertiary alicyclic amines) is 1. The number of rotatable bonds is 6. The van der Waals surface area contributed by atoms with Crippen LogP contribution >= 0.6 is 0 Å². The molecule has 3 heteroatoms. The molecule has 1 saturated heterocycles. The molecule has 0 spiro atoms. The second kappa shape index (κ2) is 7.78. The predicted molar refractivity (Wildman–Crippen MR) is 74.6 cm³/mol. The molecule has 0 aliphatic carbocycles. The van der Waals surface area contributed by atoms with Gasteiger partial charge in [-0.3, -0.25) is 9.69 Å². The normalized spacial score (nSPS) is 18.4. The summed E-state index contributed by atoms with van der Waals surface area (Å²) in [6.45, 7) is 9.83. The molecule has 1 heterocycles. The number of hydrogen-bond acceptors (Lipinski definition) is 3. The average molecular weight is 255 g/mol. The Morgan fingerprint density at radius 1 is 1.17 bits per heavy atom. The van der Waals surface area contributed by atoms with Gasteiger partial charge in [-0.2, -0.15) is 0 Å². The lowest BCUT2D eigenvalue weighted by atomic mass is 9.88. The largest absolute Gasteiger partial charge is 0.464 e. The molecule has 0 unspecified atom stereocenters. The highest BCUT2D eigenvalue weighted by atomic mass is 16.5. The van der Waals surface area contributed by atoms with Gasteiger partial charge in [0.2, 0.25) is 0 Å². The molecule has 1 fully saturated rings. The Morgan fingerprint density at radius 3 is 2.33 bits per heavy atom. The third-order valence-corrected chi connectivity index (χ3v) is 3.77. The van der Waals surface area contributed by atoms with Crippen molar-refractivity contribution in [2.24, 2.45) is 5.41 Å². The van der Waals surface area contributed by atoms with E-state index in [-0.39, 0.29) is 11.4 Å². The maximum absolute atomic E-state index is 11.9. The van der Waals surface area contributed by atoms with Crippen molar-refractivity contribution in [3.63, 3.8) is 0 Å². The summed E-state index contributed by atoms with van der Waals surface area (Å²) in [4.78, 5) is 14.3. The van der Waals surface area contributed by atoms with E-state index in [4.69, 9.17) is 4.74 Å². The lowest BCUT2D eigenvalue weighted by Crippen LogP contribution is -2.32. The van der Waals surface area contributed by atoms with Crippen LogP contribution in [-0.4, -0.2) is 37.1 Å². The molecule has 0 amide bonds. The number of carbonyl (C=O) groups excluding carboxylic acids is 1. The second-order valence-electron chi connectivity index (χ2n) is 6.03. The second-order valence-corrected chi connectivity index (χ2v) is 6.03. The molecule has 0 radical (unpaired) electrons. The topological polar surface area (TPSA) is 29.5 Å². The number of carbonyl (C=O) groups is 1. The van der Waals surface area contributed by atoms with Gasteiger partial charge < -0.3 is 4.74 Å². The van der Waals surface area contributed by atoms with Gasteiger partial charge in [0, 0.05) is 6.54 Å². The van der Waals surface area contributed by atoms with Crippen molar-refractivity contribution >= 4 is 5.97 Å². The van der Waals surface area contributed by atoms with Gasteiger partial charge in [0.05, 0.1) is 5.41 Å². The van der Waals surface area contributed by atoms with E-state index < -0.39 is 0 Å². The molecule has 18 heavy (non-hydrogen) atoms. The zero-order valence-corrected chi connectivity index (χ0v) is 12.3. The first-order chi connectivity index (χ1) is 8.56. The van der Waals surface area contributed by atoms with Crippen LogP contribution in [0.5, 0.6) is 0 Å². The first-order valence-electron chi connectivity index (χ1n) is 7.46. The molecule has 0 aromatic carbocycles. The fourth-order valence-electron chi connectivity index (χ4n) is 2.55. The molecule has 0 aromatic heterocycles. The van der Waals surface area contributed by atoms with E-state index in [0.29, 0.717) is 6.61 Å². The Bertz CT molecular complexity index is 243. The van der Waals surface area contributed by atoms with Crippen LogP contribution in [0.2, 0.25) is 0 Å². The minimum absolute atomic E-state index is 0.0424. The van der Waals surface area contributed by atoms with Crippen molar-refractivity contribution < 1.29 is 9.53 Å². The van der Waals surface area contributed by atoms with Crippen molar-refractivity contribution in [2.45, 2.75) is 59.3 Å².